The van der Waals surface area contributed by atoms with E-state index in [0.717, 1.165) is 28.1 Å². The molecule has 46 heavy (non-hydrogen) atoms. The van der Waals surface area contributed by atoms with E-state index in [1.165, 1.54) is 44.5 Å². The van der Waals surface area contributed by atoms with Crippen LogP contribution in [0.1, 0.15) is 22.3 Å². The molecule has 0 atom stereocenters. The fraction of sp³-hybridized carbons (Fsp3) is 0.0233. The van der Waals surface area contributed by atoms with Crippen LogP contribution in [-0.4, -0.2) is 14.5 Å². The zero-order chi connectivity index (χ0) is 30.5. The average Bonchev–Trinajstić information content (AvgIpc) is 3.54. The number of nitrogens with zero attached hydrogens (tertiary/aromatic N) is 3. The standard InChI is InChI=1S/C43H29N3/c1-4-13-30(14-5-1)35-19-10-11-20-36(35)32-23-24-40-38(29-32)43(33-15-6-2-7-16-33,34-17-8-3-9-18-34)37-21-12-22-39-41(37)46(40)42(45-39)31-25-27-44-28-26-31/h1-29H. The highest BCUT2D eigenvalue weighted by Gasteiger charge is 2.45. The Morgan fingerprint density at radius 3 is 1.74 bits per heavy atom. The van der Waals surface area contributed by atoms with Crippen LogP contribution in [0.25, 0.3) is 50.4 Å². The second-order valence-electron chi connectivity index (χ2n) is 11.8. The van der Waals surface area contributed by atoms with Crippen molar-refractivity contribution in [3.63, 3.8) is 0 Å². The molecule has 2 aromatic heterocycles. The molecule has 0 saturated carbocycles. The Morgan fingerprint density at radius 2 is 1.07 bits per heavy atom. The van der Waals surface area contributed by atoms with Crippen LogP contribution in [0, 0.1) is 0 Å². The van der Waals surface area contributed by atoms with Gasteiger partial charge in [0.15, 0.2) is 0 Å². The molecule has 0 aliphatic carbocycles. The first kappa shape index (κ1) is 26.4. The third kappa shape index (κ3) is 3.85. The monoisotopic (exact) mass is 587 g/mol. The van der Waals surface area contributed by atoms with Gasteiger partial charge in [-0.3, -0.25) is 9.55 Å². The molecule has 6 aromatic carbocycles. The molecule has 0 fully saturated rings. The molecule has 0 unspecified atom stereocenters. The molecular formula is C43H29N3. The number of rotatable bonds is 5. The highest BCUT2D eigenvalue weighted by Crippen LogP contribution is 2.54. The molecule has 8 aromatic rings. The van der Waals surface area contributed by atoms with Crippen LogP contribution < -0.4 is 0 Å². The van der Waals surface area contributed by atoms with Crippen molar-refractivity contribution >= 4 is 11.0 Å². The Morgan fingerprint density at radius 1 is 0.457 bits per heavy atom. The predicted octanol–water partition coefficient (Wildman–Crippen LogP) is 10.1. The van der Waals surface area contributed by atoms with Crippen molar-refractivity contribution < 1.29 is 0 Å². The number of benzene rings is 6. The number of hydrogen-bond donors (Lipinski definition) is 0. The van der Waals surface area contributed by atoms with Crippen molar-refractivity contribution in [2.24, 2.45) is 0 Å². The zero-order valence-corrected chi connectivity index (χ0v) is 25.1. The number of pyridine rings is 1. The summed E-state index contributed by atoms with van der Waals surface area (Å²) >= 11 is 0. The lowest BCUT2D eigenvalue weighted by Crippen LogP contribution is -2.35. The topological polar surface area (TPSA) is 30.7 Å². The summed E-state index contributed by atoms with van der Waals surface area (Å²) in [6, 6.07) is 59.0. The molecule has 0 spiro atoms. The van der Waals surface area contributed by atoms with Crippen LogP contribution in [0.2, 0.25) is 0 Å². The van der Waals surface area contributed by atoms with Crippen LogP contribution in [0.3, 0.4) is 0 Å². The molecule has 0 saturated heterocycles. The zero-order valence-electron chi connectivity index (χ0n) is 25.1. The van der Waals surface area contributed by atoms with Gasteiger partial charge in [0, 0.05) is 18.0 Å². The molecule has 216 valence electrons. The van der Waals surface area contributed by atoms with Gasteiger partial charge in [-0.15, -0.1) is 0 Å². The predicted molar refractivity (Wildman–Crippen MR) is 187 cm³/mol. The molecule has 9 rings (SSSR count). The number of para-hydroxylation sites is 1. The summed E-state index contributed by atoms with van der Waals surface area (Å²) in [7, 11) is 0. The molecule has 1 aliphatic rings. The van der Waals surface area contributed by atoms with E-state index in [4.69, 9.17) is 4.98 Å². The van der Waals surface area contributed by atoms with E-state index in [2.05, 4.69) is 161 Å². The van der Waals surface area contributed by atoms with Crippen molar-refractivity contribution in [1.29, 1.82) is 0 Å². The molecule has 3 heteroatoms. The number of hydrogen-bond acceptors (Lipinski definition) is 2. The minimum Gasteiger partial charge on any atom is -0.292 e. The largest absolute Gasteiger partial charge is 0.292 e. The normalized spacial score (nSPS) is 13.0. The smallest absolute Gasteiger partial charge is 0.145 e. The van der Waals surface area contributed by atoms with Gasteiger partial charge in [-0.1, -0.05) is 133 Å². The molecule has 0 bridgehead atoms. The van der Waals surface area contributed by atoms with Gasteiger partial charge in [0.05, 0.1) is 22.1 Å². The van der Waals surface area contributed by atoms with Gasteiger partial charge in [-0.25, -0.2) is 4.98 Å². The molecule has 1 aliphatic heterocycles. The fourth-order valence-corrected chi connectivity index (χ4v) is 7.47. The summed E-state index contributed by atoms with van der Waals surface area (Å²) in [5.41, 5.74) is 13.4. The van der Waals surface area contributed by atoms with E-state index < -0.39 is 5.41 Å². The summed E-state index contributed by atoms with van der Waals surface area (Å²) in [5, 5.41) is 0. The number of imidazole rings is 1. The highest BCUT2D eigenvalue weighted by atomic mass is 15.1. The summed E-state index contributed by atoms with van der Waals surface area (Å²) in [5.74, 6) is 0.915. The van der Waals surface area contributed by atoms with E-state index in [9.17, 15) is 0 Å². The van der Waals surface area contributed by atoms with Gasteiger partial charge in [0.1, 0.15) is 5.82 Å². The maximum absolute atomic E-state index is 5.28. The second-order valence-corrected chi connectivity index (χ2v) is 11.8. The first-order chi connectivity index (χ1) is 22.8. The third-order valence-electron chi connectivity index (χ3n) is 9.40. The summed E-state index contributed by atoms with van der Waals surface area (Å²) < 4.78 is 2.37. The molecule has 0 amide bonds. The summed E-state index contributed by atoms with van der Waals surface area (Å²) in [6.07, 6.45) is 3.68. The molecule has 0 N–H and O–H groups in total. The molecule has 3 nitrogen and oxygen atoms in total. The quantitative estimate of drug-likeness (QED) is 0.201. The van der Waals surface area contributed by atoms with E-state index in [-0.39, 0.29) is 0 Å². The molecule has 3 heterocycles. The lowest BCUT2D eigenvalue weighted by Gasteiger charge is -2.42. The highest BCUT2D eigenvalue weighted by molar-refractivity contribution is 5.94. The van der Waals surface area contributed by atoms with Gasteiger partial charge < -0.3 is 0 Å². The Hall–Kier alpha value is -6.06. The van der Waals surface area contributed by atoms with Crippen LogP contribution in [0.4, 0.5) is 0 Å². The fourth-order valence-electron chi connectivity index (χ4n) is 7.47. The van der Waals surface area contributed by atoms with Crippen molar-refractivity contribution in [3.8, 4) is 39.3 Å². The van der Waals surface area contributed by atoms with Gasteiger partial charge in [-0.2, -0.15) is 0 Å². The van der Waals surface area contributed by atoms with Gasteiger partial charge >= 0.3 is 0 Å². The molecular weight excluding hydrogens is 558 g/mol. The molecule has 0 radical (unpaired) electrons. The Labute approximate surface area is 268 Å². The maximum atomic E-state index is 5.28. The first-order valence-corrected chi connectivity index (χ1v) is 15.7. The van der Waals surface area contributed by atoms with Gasteiger partial charge in [-0.05, 0) is 74.8 Å². The van der Waals surface area contributed by atoms with Gasteiger partial charge in [0.2, 0.25) is 0 Å². The van der Waals surface area contributed by atoms with Crippen LogP contribution >= 0.6 is 0 Å². The first-order valence-electron chi connectivity index (χ1n) is 15.7. The Kier molecular flexibility index (Phi) is 6.04. The van der Waals surface area contributed by atoms with Crippen LogP contribution in [-0.2, 0) is 5.41 Å². The minimum atomic E-state index is -0.583. The van der Waals surface area contributed by atoms with Crippen molar-refractivity contribution in [2.45, 2.75) is 5.41 Å². The second kappa shape index (κ2) is 10.5. The Bertz CT molecular complexity index is 2300. The number of aromatic nitrogens is 3. The lowest BCUT2D eigenvalue weighted by molar-refractivity contribution is 0.726. The third-order valence-corrected chi connectivity index (χ3v) is 9.40. The van der Waals surface area contributed by atoms with Crippen LogP contribution in [0.5, 0.6) is 0 Å². The number of fused-ring (bicyclic) bond motifs is 2. The van der Waals surface area contributed by atoms with Gasteiger partial charge in [0.25, 0.3) is 0 Å². The van der Waals surface area contributed by atoms with E-state index in [1.54, 1.807) is 0 Å². The van der Waals surface area contributed by atoms with Crippen molar-refractivity contribution in [3.05, 3.63) is 198 Å². The van der Waals surface area contributed by atoms with Crippen LogP contribution in [0.15, 0.2) is 176 Å². The summed E-state index contributed by atoms with van der Waals surface area (Å²) in [6.45, 7) is 0. The van der Waals surface area contributed by atoms with E-state index in [0.29, 0.717) is 0 Å². The minimum absolute atomic E-state index is 0.583. The van der Waals surface area contributed by atoms with E-state index >= 15 is 0 Å². The lowest BCUT2D eigenvalue weighted by atomic mass is 9.63. The van der Waals surface area contributed by atoms with Crippen molar-refractivity contribution in [2.75, 3.05) is 0 Å². The van der Waals surface area contributed by atoms with Crippen molar-refractivity contribution in [1.82, 2.24) is 14.5 Å². The SMILES string of the molecule is c1ccc(-c2ccccc2-c2ccc3c(c2)C(c2ccccc2)(c2ccccc2)c2cccc4nc(-c5ccncc5)n-3c24)cc1. The maximum Gasteiger partial charge on any atom is 0.145 e. The van der Waals surface area contributed by atoms with E-state index in [1.807, 2.05) is 24.5 Å². The summed E-state index contributed by atoms with van der Waals surface area (Å²) in [4.78, 5) is 9.58. The average molecular weight is 588 g/mol. The Balaban J connectivity index is 1.44.